The first-order valence-electron chi connectivity index (χ1n) is 10.1. The zero-order chi connectivity index (χ0) is 20.3. The Bertz CT molecular complexity index is 1030. The molecule has 0 aliphatic carbocycles. The van der Waals surface area contributed by atoms with Crippen LogP contribution in [0.4, 0.5) is 0 Å². The maximum absolute atomic E-state index is 12.9. The van der Waals surface area contributed by atoms with E-state index in [1.807, 2.05) is 23.1 Å². The van der Waals surface area contributed by atoms with Gasteiger partial charge in [-0.05, 0) is 30.5 Å². The minimum atomic E-state index is -0.103. The zero-order valence-electron chi connectivity index (χ0n) is 16.5. The van der Waals surface area contributed by atoms with E-state index in [-0.39, 0.29) is 19.3 Å². The third kappa shape index (κ3) is 3.83. The molecule has 1 aromatic heterocycles. The fourth-order valence-corrected chi connectivity index (χ4v) is 3.91. The monoisotopic (exact) mass is 406 g/mol. The zero-order valence-corrected chi connectivity index (χ0v) is 16.5. The number of ether oxygens (including phenoxy) is 3. The summed E-state index contributed by atoms with van der Waals surface area (Å²) in [5.41, 5.74) is 1.58. The largest absolute Gasteiger partial charge is 0.484 e. The molecule has 3 aromatic rings. The van der Waals surface area contributed by atoms with E-state index >= 15 is 0 Å². The summed E-state index contributed by atoms with van der Waals surface area (Å²) in [5, 5.41) is 0. The van der Waals surface area contributed by atoms with Gasteiger partial charge in [0.1, 0.15) is 12.0 Å². The predicted molar refractivity (Wildman–Crippen MR) is 108 cm³/mol. The standard InChI is InChI=1S/C23H22N2O5/c26-23(25-10-4-7-17(12-25)16-5-2-1-3-6-16)19-13-28-22(24-19)14-27-18-8-9-20-21(11-18)30-15-29-20/h1-3,5-6,8-9,11,13,17H,4,7,10,12,14-15H2. The number of rotatable bonds is 5. The molecule has 0 saturated carbocycles. The number of nitrogens with zero attached hydrogens (tertiary/aromatic N) is 2. The average Bonchev–Trinajstić information content (AvgIpc) is 3.47. The molecule has 0 spiro atoms. The van der Waals surface area contributed by atoms with Crippen molar-refractivity contribution in [2.75, 3.05) is 19.9 Å². The average molecular weight is 406 g/mol. The van der Waals surface area contributed by atoms with Gasteiger partial charge >= 0.3 is 0 Å². The van der Waals surface area contributed by atoms with Crippen LogP contribution in [0.15, 0.2) is 59.2 Å². The maximum atomic E-state index is 12.9. The Morgan fingerprint density at radius 1 is 1.13 bits per heavy atom. The summed E-state index contributed by atoms with van der Waals surface area (Å²) in [5.74, 6) is 2.56. The van der Waals surface area contributed by atoms with E-state index in [1.165, 1.54) is 11.8 Å². The lowest BCUT2D eigenvalue weighted by molar-refractivity contribution is 0.0701. The molecule has 5 rings (SSSR count). The number of amides is 1. The lowest BCUT2D eigenvalue weighted by Crippen LogP contribution is -2.39. The van der Waals surface area contributed by atoms with E-state index < -0.39 is 0 Å². The van der Waals surface area contributed by atoms with E-state index in [4.69, 9.17) is 18.6 Å². The van der Waals surface area contributed by atoms with Crippen LogP contribution in [0.1, 0.15) is 40.7 Å². The molecule has 0 radical (unpaired) electrons. The minimum absolute atomic E-state index is 0.103. The van der Waals surface area contributed by atoms with Crippen molar-refractivity contribution in [3.8, 4) is 17.2 Å². The first-order chi connectivity index (χ1) is 14.8. The van der Waals surface area contributed by atoms with Crippen LogP contribution in [0.5, 0.6) is 17.2 Å². The van der Waals surface area contributed by atoms with Gasteiger partial charge in [-0.15, -0.1) is 0 Å². The molecule has 0 bridgehead atoms. The number of piperidine rings is 1. The van der Waals surface area contributed by atoms with Crippen LogP contribution >= 0.6 is 0 Å². The van der Waals surface area contributed by atoms with Crippen molar-refractivity contribution in [2.45, 2.75) is 25.4 Å². The Hall–Kier alpha value is -3.48. The number of hydrogen-bond acceptors (Lipinski definition) is 6. The molecule has 1 saturated heterocycles. The summed E-state index contributed by atoms with van der Waals surface area (Å²) in [7, 11) is 0. The van der Waals surface area contributed by atoms with Crippen LogP contribution in [0, 0.1) is 0 Å². The number of benzene rings is 2. The second-order valence-corrected chi connectivity index (χ2v) is 7.43. The number of carbonyl (C=O) groups is 1. The van der Waals surface area contributed by atoms with Crippen molar-refractivity contribution >= 4 is 5.91 Å². The van der Waals surface area contributed by atoms with Gasteiger partial charge in [0.05, 0.1) is 0 Å². The van der Waals surface area contributed by atoms with Gasteiger partial charge in [0.25, 0.3) is 5.91 Å². The Kier molecular flexibility index (Phi) is 5.01. The Morgan fingerprint density at radius 3 is 2.90 bits per heavy atom. The Labute approximate surface area is 174 Å². The predicted octanol–water partition coefficient (Wildman–Crippen LogP) is 4.00. The van der Waals surface area contributed by atoms with Crippen molar-refractivity contribution in [3.05, 3.63) is 71.9 Å². The number of fused-ring (bicyclic) bond motifs is 1. The molecular weight excluding hydrogens is 384 g/mol. The second kappa shape index (κ2) is 8.10. The summed E-state index contributed by atoms with van der Waals surface area (Å²) < 4.78 is 21.8. The van der Waals surface area contributed by atoms with Crippen LogP contribution in [0.3, 0.4) is 0 Å². The van der Waals surface area contributed by atoms with E-state index in [0.29, 0.717) is 41.3 Å². The molecule has 1 fully saturated rings. The highest BCUT2D eigenvalue weighted by Gasteiger charge is 2.27. The van der Waals surface area contributed by atoms with Crippen molar-refractivity contribution < 1.29 is 23.4 Å². The SMILES string of the molecule is O=C(c1coc(COc2ccc3c(c2)OCO3)n1)N1CCCC(c2ccccc2)C1. The van der Waals surface area contributed by atoms with Crippen LogP contribution in [-0.4, -0.2) is 35.7 Å². The van der Waals surface area contributed by atoms with E-state index in [1.54, 1.807) is 18.2 Å². The van der Waals surface area contributed by atoms with E-state index in [9.17, 15) is 4.79 Å². The fourth-order valence-electron chi connectivity index (χ4n) is 3.91. The van der Waals surface area contributed by atoms with Crippen molar-refractivity contribution in [1.29, 1.82) is 0 Å². The molecule has 7 nitrogen and oxygen atoms in total. The molecule has 1 amide bonds. The topological polar surface area (TPSA) is 74.0 Å². The quantitative estimate of drug-likeness (QED) is 0.638. The summed E-state index contributed by atoms with van der Waals surface area (Å²) in [6.45, 7) is 1.77. The molecule has 7 heteroatoms. The minimum Gasteiger partial charge on any atom is -0.484 e. The van der Waals surface area contributed by atoms with Crippen LogP contribution in [-0.2, 0) is 6.61 Å². The number of oxazole rings is 1. The molecule has 2 aromatic carbocycles. The summed E-state index contributed by atoms with van der Waals surface area (Å²) >= 11 is 0. The molecule has 1 atom stereocenters. The summed E-state index contributed by atoms with van der Waals surface area (Å²) in [6.07, 6.45) is 3.47. The number of hydrogen-bond donors (Lipinski definition) is 0. The second-order valence-electron chi connectivity index (χ2n) is 7.43. The maximum Gasteiger partial charge on any atom is 0.275 e. The molecule has 3 heterocycles. The lowest BCUT2D eigenvalue weighted by atomic mass is 9.90. The highest BCUT2D eigenvalue weighted by Crippen LogP contribution is 2.35. The van der Waals surface area contributed by atoms with Gasteiger partial charge in [0.15, 0.2) is 23.8 Å². The fraction of sp³-hybridized carbons (Fsp3) is 0.304. The molecule has 1 unspecified atom stereocenters. The van der Waals surface area contributed by atoms with Gasteiger partial charge in [-0.3, -0.25) is 4.79 Å². The van der Waals surface area contributed by atoms with Gasteiger partial charge in [-0.25, -0.2) is 4.98 Å². The molecular formula is C23H22N2O5. The van der Waals surface area contributed by atoms with Crippen molar-refractivity contribution in [1.82, 2.24) is 9.88 Å². The summed E-state index contributed by atoms with van der Waals surface area (Å²) in [6, 6.07) is 15.7. The van der Waals surface area contributed by atoms with Gasteiger partial charge in [-0.1, -0.05) is 30.3 Å². The van der Waals surface area contributed by atoms with Gasteiger partial charge in [-0.2, -0.15) is 0 Å². The summed E-state index contributed by atoms with van der Waals surface area (Å²) in [4.78, 5) is 19.1. The molecule has 2 aliphatic rings. The smallest absolute Gasteiger partial charge is 0.275 e. The van der Waals surface area contributed by atoms with E-state index in [2.05, 4.69) is 17.1 Å². The molecule has 2 aliphatic heterocycles. The molecule has 154 valence electrons. The van der Waals surface area contributed by atoms with Gasteiger partial charge < -0.3 is 23.5 Å². The Morgan fingerprint density at radius 2 is 2.00 bits per heavy atom. The highest BCUT2D eigenvalue weighted by molar-refractivity contribution is 5.92. The highest BCUT2D eigenvalue weighted by atomic mass is 16.7. The third-order valence-corrected chi connectivity index (χ3v) is 5.46. The third-order valence-electron chi connectivity index (χ3n) is 5.46. The van der Waals surface area contributed by atoms with Gasteiger partial charge in [0.2, 0.25) is 12.7 Å². The van der Waals surface area contributed by atoms with Crippen molar-refractivity contribution in [2.24, 2.45) is 0 Å². The first-order valence-corrected chi connectivity index (χ1v) is 10.1. The van der Waals surface area contributed by atoms with Crippen LogP contribution < -0.4 is 14.2 Å². The normalized spacial score (nSPS) is 17.7. The number of carbonyl (C=O) groups excluding carboxylic acids is 1. The number of aromatic nitrogens is 1. The number of likely N-dealkylation sites (tertiary alicyclic amines) is 1. The van der Waals surface area contributed by atoms with Gasteiger partial charge in [0, 0.05) is 25.1 Å². The van der Waals surface area contributed by atoms with Crippen molar-refractivity contribution in [3.63, 3.8) is 0 Å². The lowest BCUT2D eigenvalue weighted by Gasteiger charge is -2.32. The van der Waals surface area contributed by atoms with Crippen LogP contribution in [0.25, 0.3) is 0 Å². The molecule has 30 heavy (non-hydrogen) atoms. The first kappa shape index (κ1) is 18.5. The van der Waals surface area contributed by atoms with Crippen LogP contribution in [0.2, 0.25) is 0 Å². The van der Waals surface area contributed by atoms with E-state index in [0.717, 1.165) is 19.4 Å². The Balaban J connectivity index is 1.21. The molecule has 0 N–H and O–H groups in total.